The van der Waals surface area contributed by atoms with Crippen LogP contribution in [-0.2, 0) is 11.3 Å². The minimum atomic E-state index is -0.484. The molecule has 0 radical (unpaired) electrons. The number of nitrogens with zero attached hydrogens (tertiary/aromatic N) is 3. The number of piperidine rings is 1. The molecule has 0 atom stereocenters. The Hall–Kier alpha value is -2.57. The van der Waals surface area contributed by atoms with Gasteiger partial charge >= 0.3 is 6.03 Å². The molecule has 0 bridgehead atoms. The zero-order chi connectivity index (χ0) is 20.8. The van der Waals surface area contributed by atoms with E-state index in [1.807, 2.05) is 52.3 Å². The number of carbonyl (C=O) groups excluding carboxylic acids is 1. The van der Waals surface area contributed by atoms with Crippen molar-refractivity contribution in [3.63, 3.8) is 0 Å². The highest BCUT2D eigenvalue weighted by atomic mass is 16.7. The molecule has 31 heavy (non-hydrogen) atoms. The van der Waals surface area contributed by atoms with Crippen molar-refractivity contribution in [1.82, 2.24) is 4.90 Å². The zero-order valence-electron chi connectivity index (χ0n) is 17.8. The van der Waals surface area contributed by atoms with Gasteiger partial charge in [0.2, 0.25) is 5.79 Å². The maximum Gasteiger partial charge on any atom is 0.329 e. The van der Waals surface area contributed by atoms with Gasteiger partial charge in [0, 0.05) is 62.0 Å². The molecule has 6 heteroatoms. The Bertz CT molecular complexity index is 967. The first-order chi connectivity index (χ1) is 15.2. The van der Waals surface area contributed by atoms with E-state index in [-0.39, 0.29) is 6.03 Å². The van der Waals surface area contributed by atoms with Gasteiger partial charge in [0.1, 0.15) is 5.75 Å². The highest BCUT2D eigenvalue weighted by Crippen LogP contribution is 2.40. The Labute approximate surface area is 183 Å². The van der Waals surface area contributed by atoms with Crippen LogP contribution >= 0.6 is 0 Å². The second kappa shape index (κ2) is 7.53. The molecule has 2 aromatic carbocycles. The quantitative estimate of drug-likeness (QED) is 0.740. The third-order valence-electron chi connectivity index (χ3n) is 7.37. The topological polar surface area (TPSA) is 45.2 Å². The lowest BCUT2D eigenvalue weighted by atomic mass is 9.89. The van der Waals surface area contributed by atoms with Crippen LogP contribution < -0.4 is 14.5 Å². The minimum Gasteiger partial charge on any atom is -0.462 e. The molecule has 1 saturated carbocycles. The average molecular weight is 420 g/mol. The van der Waals surface area contributed by atoms with Gasteiger partial charge in [0.05, 0.1) is 6.61 Å². The standard InChI is InChI=1S/C25H29N3O3/c29-24-27(21-5-2-1-3-6-21)15-16-28(24)22-9-10-23-19(17-22)18-30-25(31-23)11-13-26(14-12-25)20-7-4-8-20/h1-3,5-6,9-10,17,20H,4,7-8,11-16,18H2. The van der Waals surface area contributed by atoms with Crippen molar-refractivity contribution >= 4 is 17.4 Å². The number of para-hydroxylation sites is 1. The molecule has 0 N–H and O–H groups in total. The molecule has 6 rings (SSSR count). The summed E-state index contributed by atoms with van der Waals surface area (Å²) < 4.78 is 12.7. The summed E-state index contributed by atoms with van der Waals surface area (Å²) in [6.07, 6.45) is 5.90. The van der Waals surface area contributed by atoms with Crippen molar-refractivity contribution in [2.24, 2.45) is 0 Å². The number of ether oxygens (including phenoxy) is 2. The Kier molecular flexibility index (Phi) is 4.65. The second-order valence-corrected chi connectivity index (χ2v) is 9.14. The van der Waals surface area contributed by atoms with E-state index in [2.05, 4.69) is 11.0 Å². The lowest BCUT2D eigenvalue weighted by Crippen LogP contribution is -2.54. The summed E-state index contributed by atoms with van der Waals surface area (Å²) in [4.78, 5) is 19.3. The minimum absolute atomic E-state index is 0.0173. The first kappa shape index (κ1) is 19.1. The van der Waals surface area contributed by atoms with E-state index in [4.69, 9.17) is 9.47 Å². The van der Waals surface area contributed by atoms with Gasteiger partial charge in [0.15, 0.2) is 0 Å². The average Bonchev–Trinajstić information content (AvgIpc) is 3.16. The second-order valence-electron chi connectivity index (χ2n) is 9.14. The van der Waals surface area contributed by atoms with Crippen molar-refractivity contribution in [3.05, 3.63) is 54.1 Å². The van der Waals surface area contributed by atoms with Gasteiger partial charge in [-0.15, -0.1) is 0 Å². The molecule has 1 spiro atoms. The Morgan fingerprint density at radius 2 is 1.61 bits per heavy atom. The van der Waals surface area contributed by atoms with Gasteiger partial charge in [-0.2, -0.15) is 0 Å². The van der Waals surface area contributed by atoms with Crippen LogP contribution in [0.2, 0.25) is 0 Å². The maximum atomic E-state index is 13.0. The predicted molar refractivity (Wildman–Crippen MR) is 120 cm³/mol. The monoisotopic (exact) mass is 419 g/mol. The van der Waals surface area contributed by atoms with Crippen LogP contribution in [0.5, 0.6) is 5.75 Å². The lowest BCUT2D eigenvalue weighted by molar-refractivity contribution is -0.231. The van der Waals surface area contributed by atoms with Crippen LogP contribution in [0.25, 0.3) is 0 Å². The van der Waals surface area contributed by atoms with Gasteiger partial charge in [-0.25, -0.2) is 4.79 Å². The summed E-state index contributed by atoms with van der Waals surface area (Å²) in [6, 6.07) is 16.7. The fourth-order valence-corrected chi connectivity index (χ4v) is 5.24. The van der Waals surface area contributed by atoms with Crippen LogP contribution in [0.3, 0.4) is 0 Å². The summed E-state index contributed by atoms with van der Waals surface area (Å²) in [6.45, 7) is 4.01. The molecule has 3 fully saturated rings. The Morgan fingerprint density at radius 1 is 0.871 bits per heavy atom. The fourth-order valence-electron chi connectivity index (χ4n) is 5.24. The molecule has 162 valence electrons. The molecule has 2 amide bonds. The van der Waals surface area contributed by atoms with Crippen LogP contribution in [0, 0.1) is 0 Å². The number of rotatable bonds is 3. The number of amides is 2. The predicted octanol–water partition coefficient (Wildman–Crippen LogP) is 4.39. The summed E-state index contributed by atoms with van der Waals surface area (Å²) in [5.41, 5.74) is 2.87. The number of benzene rings is 2. The van der Waals surface area contributed by atoms with Crippen LogP contribution in [0.1, 0.15) is 37.7 Å². The highest BCUT2D eigenvalue weighted by molar-refractivity contribution is 6.06. The molecule has 0 aromatic heterocycles. The number of urea groups is 1. The van der Waals surface area contributed by atoms with Crippen molar-refractivity contribution < 1.29 is 14.3 Å². The first-order valence-corrected chi connectivity index (χ1v) is 11.5. The van der Waals surface area contributed by atoms with Crippen LogP contribution in [-0.4, -0.2) is 48.9 Å². The molecule has 1 aliphatic carbocycles. The summed E-state index contributed by atoms with van der Waals surface area (Å²) >= 11 is 0. The van der Waals surface area contributed by atoms with E-state index in [1.54, 1.807) is 0 Å². The molecule has 3 aliphatic heterocycles. The number of fused-ring (bicyclic) bond motifs is 1. The van der Waals surface area contributed by atoms with Crippen molar-refractivity contribution in [3.8, 4) is 5.75 Å². The van der Waals surface area contributed by atoms with Crippen molar-refractivity contribution in [2.75, 3.05) is 36.0 Å². The molecule has 0 unspecified atom stereocenters. The van der Waals surface area contributed by atoms with E-state index in [0.29, 0.717) is 19.7 Å². The fraction of sp³-hybridized carbons (Fsp3) is 0.480. The van der Waals surface area contributed by atoms with Crippen molar-refractivity contribution in [2.45, 2.75) is 50.5 Å². The summed E-state index contributed by atoms with van der Waals surface area (Å²) in [5, 5.41) is 0. The van der Waals surface area contributed by atoms with E-state index in [9.17, 15) is 4.79 Å². The van der Waals surface area contributed by atoms with Crippen molar-refractivity contribution in [1.29, 1.82) is 0 Å². The SMILES string of the molecule is O=C1N(c2ccccc2)CCN1c1ccc2c(c1)COC1(CCN(C3CCC3)CC1)O2. The van der Waals surface area contributed by atoms with Gasteiger partial charge < -0.3 is 9.47 Å². The highest BCUT2D eigenvalue weighted by Gasteiger charge is 2.43. The third-order valence-corrected chi connectivity index (χ3v) is 7.37. The number of likely N-dealkylation sites (tertiary alicyclic amines) is 1. The van der Waals surface area contributed by atoms with Gasteiger partial charge in [0.25, 0.3) is 0 Å². The number of hydrogen-bond acceptors (Lipinski definition) is 4. The maximum absolute atomic E-state index is 13.0. The van der Waals surface area contributed by atoms with Gasteiger partial charge in [-0.3, -0.25) is 14.7 Å². The van der Waals surface area contributed by atoms with Crippen LogP contribution in [0.15, 0.2) is 48.5 Å². The van der Waals surface area contributed by atoms with E-state index in [1.165, 1.54) is 19.3 Å². The molecule has 2 saturated heterocycles. The number of carbonyl (C=O) groups is 1. The number of hydrogen-bond donors (Lipinski definition) is 0. The van der Waals surface area contributed by atoms with Gasteiger partial charge in [-0.05, 0) is 43.2 Å². The first-order valence-electron chi connectivity index (χ1n) is 11.5. The molecular formula is C25H29N3O3. The van der Waals surface area contributed by atoms with Crippen LogP contribution in [0.4, 0.5) is 16.2 Å². The van der Waals surface area contributed by atoms with E-state index >= 15 is 0 Å². The molecule has 6 nitrogen and oxygen atoms in total. The zero-order valence-corrected chi connectivity index (χ0v) is 17.8. The molecular weight excluding hydrogens is 390 g/mol. The van der Waals surface area contributed by atoms with E-state index in [0.717, 1.165) is 54.7 Å². The molecule has 3 heterocycles. The molecule has 4 aliphatic rings. The van der Waals surface area contributed by atoms with Gasteiger partial charge in [-0.1, -0.05) is 24.6 Å². The summed E-state index contributed by atoms with van der Waals surface area (Å²) in [5.74, 6) is 0.418. The van der Waals surface area contributed by atoms with E-state index < -0.39 is 5.79 Å². The third kappa shape index (κ3) is 3.38. The smallest absolute Gasteiger partial charge is 0.329 e. The summed E-state index contributed by atoms with van der Waals surface area (Å²) in [7, 11) is 0. The normalized spacial score (nSPS) is 23.5. The molecule has 2 aromatic rings. The largest absolute Gasteiger partial charge is 0.462 e. The Morgan fingerprint density at radius 3 is 2.32 bits per heavy atom. The number of anilines is 2. The Balaban J connectivity index is 1.15. The lowest BCUT2D eigenvalue weighted by Gasteiger charge is -2.47.